The maximum atomic E-state index is 12.6. The number of carbonyl (C=O) groups is 1. The quantitative estimate of drug-likeness (QED) is 0.830. The lowest BCUT2D eigenvalue weighted by molar-refractivity contribution is -0.136. The van der Waals surface area contributed by atoms with Crippen LogP contribution in [0.25, 0.3) is 0 Å². The Bertz CT molecular complexity index is 631. The summed E-state index contributed by atoms with van der Waals surface area (Å²) >= 11 is 0. The molecule has 3 aliphatic rings. The normalized spacial score (nSPS) is 32.2. The van der Waals surface area contributed by atoms with E-state index >= 15 is 0 Å². The first kappa shape index (κ1) is 18.0. The lowest BCUT2D eigenvalue weighted by Gasteiger charge is -2.49. The maximum Gasteiger partial charge on any atom is 0.223 e. The summed E-state index contributed by atoms with van der Waals surface area (Å²) in [6.07, 6.45) is 6.66. The number of amides is 1. The molecule has 0 aromatic heterocycles. The van der Waals surface area contributed by atoms with E-state index in [1.54, 1.807) is 0 Å². The second-order valence-corrected chi connectivity index (χ2v) is 8.96. The van der Waals surface area contributed by atoms with Crippen molar-refractivity contribution in [3.63, 3.8) is 0 Å². The Labute approximate surface area is 157 Å². The number of rotatable bonds is 4. The minimum absolute atomic E-state index is 0.146. The summed E-state index contributed by atoms with van der Waals surface area (Å²) in [4.78, 5) is 17.2. The molecule has 4 rings (SSSR count). The minimum atomic E-state index is 0.146. The highest BCUT2D eigenvalue weighted by molar-refractivity contribution is 5.77. The summed E-state index contributed by atoms with van der Waals surface area (Å²) < 4.78 is 5.22. The van der Waals surface area contributed by atoms with Crippen molar-refractivity contribution >= 4 is 5.91 Å². The molecule has 1 spiro atoms. The first-order chi connectivity index (χ1) is 12.5. The fourth-order valence-electron chi connectivity index (χ4n) is 5.27. The Morgan fingerprint density at radius 1 is 1.12 bits per heavy atom. The van der Waals surface area contributed by atoms with Crippen molar-refractivity contribution in [1.29, 1.82) is 0 Å². The van der Waals surface area contributed by atoms with E-state index in [9.17, 15) is 4.79 Å². The highest BCUT2D eigenvalue weighted by Crippen LogP contribution is 2.51. The molecule has 0 bridgehead atoms. The molecule has 4 nitrogen and oxygen atoms in total. The first-order valence-electron chi connectivity index (χ1n) is 10.1. The third-order valence-corrected chi connectivity index (χ3v) is 7.27. The van der Waals surface area contributed by atoms with Crippen molar-refractivity contribution < 1.29 is 9.53 Å². The molecule has 1 aliphatic carbocycles. The SMILES string of the molecule is CN(C)C1(c2ccccc2)CCC2(CCN(C(=O)CC3COC3)C2)CC1. The standard InChI is InChI=1S/C22H32N2O2/c1-23(2)22(19-6-4-3-5-7-19)10-8-21(9-11-22)12-13-24(17-21)20(25)14-18-15-26-16-18/h3-7,18H,8-17H2,1-2H3. The van der Waals surface area contributed by atoms with Gasteiger partial charge in [-0.3, -0.25) is 9.69 Å². The molecule has 0 radical (unpaired) electrons. The van der Waals surface area contributed by atoms with Crippen LogP contribution in [0.3, 0.4) is 0 Å². The number of benzene rings is 1. The van der Waals surface area contributed by atoms with Gasteiger partial charge in [0.15, 0.2) is 0 Å². The van der Waals surface area contributed by atoms with Gasteiger partial charge >= 0.3 is 0 Å². The van der Waals surface area contributed by atoms with Gasteiger partial charge in [0.05, 0.1) is 13.2 Å². The molecule has 3 fully saturated rings. The molecule has 2 heterocycles. The van der Waals surface area contributed by atoms with Crippen LogP contribution in [0, 0.1) is 11.3 Å². The predicted octanol–water partition coefficient (Wildman–Crippen LogP) is 3.27. The van der Waals surface area contributed by atoms with Crippen LogP contribution in [0.15, 0.2) is 30.3 Å². The number of ether oxygens (including phenoxy) is 1. The number of carbonyl (C=O) groups excluding carboxylic acids is 1. The Morgan fingerprint density at radius 2 is 1.81 bits per heavy atom. The van der Waals surface area contributed by atoms with Crippen LogP contribution in [-0.2, 0) is 15.1 Å². The number of hydrogen-bond donors (Lipinski definition) is 0. The van der Waals surface area contributed by atoms with E-state index < -0.39 is 0 Å². The van der Waals surface area contributed by atoms with Crippen molar-refractivity contribution in [1.82, 2.24) is 9.80 Å². The first-order valence-corrected chi connectivity index (χ1v) is 10.1. The van der Waals surface area contributed by atoms with Gasteiger partial charge in [-0.2, -0.15) is 0 Å². The average Bonchev–Trinajstić information content (AvgIpc) is 3.03. The highest BCUT2D eigenvalue weighted by Gasteiger charge is 2.48. The lowest BCUT2D eigenvalue weighted by Crippen LogP contribution is -2.47. The average molecular weight is 357 g/mol. The van der Waals surface area contributed by atoms with E-state index in [-0.39, 0.29) is 5.54 Å². The molecule has 142 valence electrons. The van der Waals surface area contributed by atoms with Gasteiger partial charge in [0, 0.05) is 31.0 Å². The van der Waals surface area contributed by atoms with Crippen molar-refractivity contribution in [3.05, 3.63) is 35.9 Å². The molecule has 2 aliphatic heterocycles. The summed E-state index contributed by atoms with van der Waals surface area (Å²) in [5.74, 6) is 0.813. The molecule has 0 atom stereocenters. The molecular weight excluding hydrogens is 324 g/mol. The third-order valence-electron chi connectivity index (χ3n) is 7.27. The number of nitrogens with zero attached hydrogens (tertiary/aromatic N) is 2. The van der Waals surface area contributed by atoms with Gasteiger partial charge in [0.2, 0.25) is 5.91 Å². The summed E-state index contributed by atoms with van der Waals surface area (Å²) in [6, 6.07) is 11.0. The molecule has 2 saturated heterocycles. The maximum absolute atomic E-state index is 12.6. The van der Waals surface area contributed by atoms with Crippen LogP contribution in [0.5, 0.6) is 0 Å². The topological polar surface area (TPSA) is 32.8 Å². The molecular formula is C22H32N2O2. The van der Waals surface area contributed by atoms with E-state index in [0.717, 1.165) is 26.3 Å². The molecule has 1 aromatic rings. The fraction of sp³-hybridized carbons (Fsp3) is 0.682. The largest absolute Gasteiger partial charge is 0.381 e. The Balaban J connectivity index is 1.41. The monoisotopic (exact) mass is 356 g/mol. The minimum Gasteiger partial charge on any atom is -0.381 e. The van der Waals surface area contributed by atoms with Crippen molar-refractivity contribution in [2.24, 2.45) is 11.3 Å². The lowest BCUT2D eigenvalue weighted by atomic mass is 9.64. The fourth-order valence-corrected chi connectivity index (χ4v) is 5.27. The predicted molar refractivity (Wildman–Crippen MR) is 103 cm³/mol. The summed E-state index contributed by atoms with van der Waals surface area (Å²) in [5.41, 5.74) is 1.93. The van der Waals surface area contributed by atoms with Crippen LogP contribution < -0.4 is 0 Å². The molecule has 4 heteroatoms. The summed E-state index contributed by atoms with van der Waals surface area (Å²) in [5, 5.41) is 0. The molecule has 0 unspecified atom stereocenters. The number of likely N-dealkylation sites (tertiary alicyclic amines) is 1. The zero-order valence-corrected chi connectivity index (χ0v) is 16.2. The second-order valence-electron chi connectivity index (χ2n) is 8.96. The van der Waals surface area contributed by atoms with Crippen LogP contribution in [0.1, 0.15) is 44.1 Å². The van der Waals surface area contributed by atoms with E-state index in [2.05, 4.69) is 54.2 Å². The van der Waals surface area contributed by atoms with Gasteiger partial charge in [-0.25, -0.2) is 0 Å². The Kier molecular flexibility index (Phi) is 4.83. The van der Waals surface area contributed by atoms with E-state index in [4.69, 9.17) is 4.74 Å². The Hall–Kier alpha value is -1.39. The molecule has 0 N–H and O–H groups in total. The van der Waals surface area contributed by atoms with Crippen molar-refractivity contribution in [3.8, 4) is 0 Å². The molecule has 1 amide bonds. The van der Waals surface area contributed by atoms with Crippen LogP contribution >= 0.6 is 0 Å². The summed E-state index contributed by atoms with van der Waals surface area (Å²) in [6.45, 7) is 3.46. The molecule has 1 aromatic carbocycles. The second kappa shape index (κ2) is 6.97. The molecule has 1 saturated carbocycles. The van der Waals surface area contributed by atoms with Crippen LogP contribution in [-0.4, -0.2) is 56.1 Å². The van der Waals surface area contributed by atoms with E-state index in [1.807, 2.05) is 0 Å². The highest BCUT2D eigenvalue weighted by atomic mass is 16.5. The van der Waals surface area contributed by atoms with Crippen LogP contribution in [0.2, 0.25) is 0 Å². The molecule has 26 heavy (non-hydrogen) atoms. The van der Waals surface area contributed by atoms with Crippen molar-refractivity contribution in [2.45, 2.75) is 44.1 Å². The smallest absolute Gasteiger partial charge is 0.223 e. The zero-order chi connectivity index (χ0) is 18.2. The number of hydrogen-bond acceptors (Lipinski definition) is 3. The van der Waals surface area contributed by atoms with Gasteiger partial charge < -0.3 is 9.64 Å². The summed E-state index contributed by atoms with van der Waals surface area (Å²) in [7, 11) is 4.44. The van der Waals surface area contributed by atoms with Gasteiger partial charge in [-0.1, -0.05) is 30.3 Å². The van der Waals surface area contributed by atoms with Crippen molar-refractivity contribution in [2.75, 3.05) is 40.4 Å². The van der Waals surface area contributed by atoms with Crippen LogP contribution in [0.4, 0.5) is 0 Å². The zero-order valence-electron chi connectivity index (χ0n) is 16.2. The third kappa shape index (κ3) is 3.18. The van der Waals surface area contributed by atoms with Gasteiger partial charge in [-0.05, 0) is 57.2 Å². The van der Waals surface area contributed by atoms with Gasteiger partial charge in [0.25, 0.3) is 0 Å². The Morgan fingerprint density at radius 3 is 2.38 bits per heavy atom. The van der Waals surface area contributed by atoms with E-state index in [0.29, 0.717) is 23.7 Å². The van der Waals surface area contributed by atoms with Gasteiger partial charge in [-0.15, -0.1) is 0 Å². The van der Waals surface area contributed by atoms with E-state index in [1.165, 1.54) is 37.7 Å². The van der Waals surface area contributed by atoms with Gasteiger partial charge in [0.1, 0.15) is 0 Å².